The van der Waals surface area contributed by atoms with Crippen LogP contribution in [0.15, 0.2) is 29.2 Å². The van der Waals surface area contributed by atoms with Crippen LogP contribution in [0.2, 0.25) is 0 Å². The number of hydrogen-bond donors (Lipinski definition) is 1. The second kappa shape index (κ2) is 6.58. The van der Waals surface area contributed by atoms with E-state index in [1.807, 2.05) is 0 Å². The Morgan fingerprint density at radius 3 is 2.57 bits per heavy atom. The molecule has 1 aromatic carbocycles. The number of sulfonamides is 1. The van der Waals surface area contributed by atoms with E-state index in [0.29, 0.717) is 25.4 Å². The van der Waals surface area contributed by atoms with Gasteiger partial charge in [-0.05, 0) is 42.9 Å². The molecule has 0 bridgehead atoms. The van der Waals surface area contributed by atoms with E-state index < -0.39 is 16.0 Å². The highest BCUT2D eigenvalue weighted by atomic mass is 32.2. The Hall–Kier alpha value is -1.40. The smallest absolute Gasteiger partial charge is 0.303 e. The SMILES string of the molecule is CC1CCCN(S(=O)(=O)c2ccc(CCC(=O)O)cc2)C1. The maximum absolute atomic E-state index is 12.5. The Kier molecular flexibility index (Phi) is 5.00. The molecule has 1 saturated heterocycles. The fourth-order valence-electron chi connectivity index (χ4n) is 2.59. The van der Waals surface area contributed by atoms with Gasteiger partial charge >= 0.3 is 5.97 Å². The van der Waals surface area contributed by atoms with Crippen LogP contribution >= 0.6 is 0 Å². The first-order valence-electron chi connectivity index (χ1n) is 7.20. The summed E-state index contributed by atoms with van der Waals surface area (Å²) in [6.07, 6.45) is 2.43. The van der Waals surface area contributed by atoms with Crippen LogP contribution in [0.3, 0.4) is 0 Å². The van der Waals surface area contributed by atoms with Gasteiger partial charge in [0.1, 0.15) is 0 Å². The summed E-state index contributed by atoms with van der Waals surface area (Å²) < 4.78 is 26.6. The van der Waals surface area contributed by atoms with E-state index in [2.05, 4.69) is 6.92 Å². The zero-order chi connectivity index (χ0) is 15.5. The van der Waals surface area contributed by atoms with Crippen LogP contribution in [0.25, 0.3) is 0 Å². The van der Waals surface area contributed by atoms with E-state index in [9.17, 15) is 13.2 Å². The molecule has 1 aromatic rings. The predicted molar refractivity (Wildman–Crippen MR) is 79.6 cm³/mol. The van der Waals surface area contributed by atoms with E-state index in [4.69, 9.17) is 5.11 Å². The van der Waals surface area contributed by atoms with E-state index >= 15 is 0 Å². The number of aryl methyl sites for hydroxylation is 1. The van der Waals surface area contributed by atoms with Crippen molar-refractivity contribution in [2.24, 2.45) is 5.92 Å². The third-order valence-electron chi connectivity index (χ3n) is 3.81. The largest absolute Gasteiger partial charge is 0.481 e. The third kappa shape index (κ3) is 4.04. The van der Waals surface area contributed by atoms with Gasteiger partial charge in [-0.25, -0.2) is 8.42 Å². The van der Waals surface area contributed by atoms with Crippen molar-refractivity contribution in [3.8, 4) is 0 Å². The van der Waals surface area contributed by atoms with Gasteiger partial charge in [-0.2, -0.15) is 4.31 Å². The highest BCUT2D eigenvalue weighted by molar-refractivity contribution is 7.89. The molecular weight excluding hydrogens is 290 g/mol. The highest BCUT2D eigenvalue weighted by Gasteiger charge is 2.28. The zero-order valence-corrected chi connectivity index (χ0v) is 13.0. The van der Waals surface area contributed by atoms with Crippen molar-refractivity contribution < 1.29 is 18.3 Å². The Morgan fingerprint density at radius 2 is 2.00 bits per heavy atom. The summed E-state index contributed by atoms with van der Waals surface area (Å²) in [4.78, 5) is 10.8. The topological polar surface area (TPSA) is 74.7 Å². The van der Waals surface area contributed by atoms with Gasteiger partial charge in [-0.1, -0.05) is 19.1 Å². The minimum atomic E-state index is -3.43. The van der Waals surface area contributed by atoms with Crippen LogP contribution in [-0.4, -0.2) is 36.9 Å². The quantitative estimate of drug-likeness (QED) is 0.904. The Bertz CT molecular complexity index is 595. The number of nitrogens with zero attached hydrogens (tertiary/aromatic N) is 1. The highest BCUT2D eigenvalue weighted by Crippen LogP contribution is 2.23. The molecule has 1 fully saturated rings. The van der Waals surface area contributed by atoms with E-state index in [1.165, 1.54) is 0 Å². The molecule has 1 N–H and O–H groups in total. The van der Waals surface area contributed by atoms with Crippen molar-refractivity contribution in [3.63, 3.8) is 0 Å². The number of carbonyl (C=O) groups is 1. The normalized spacial score (nSPS) is 20.3. The van der Waals surface area contributed by atoms with Gasteiger partial charge in [0, 0.05) is 19.5 Å². The van der Waals surface area contributed by atoms with Crippen molar-refractivity contribution >= 4 is 16.0 Å². The summed E-state index contributed by atoms with van der Waals surface area (Å²) in [7, 11) is -3.43. The fourth-order valence-corrected chi connectivity index (χ4v) is 4.19. The van der Waals surface area contributed by atoms with Crippen molar-refractivity contribution in [1.29, 1.82) is 0 Å². The summed E-state index contributed by atoms with van der Waals surface area (Å²) in [5.41, 5.74) is 0.836. The summed E-state index contributed by atoms with van der Waals surface area (Å²) in [5.74, 6) is -0.461. The lowest BCUT2D eigenvalue weighted by Crippen LogP contribution is -2.39. The van der Waals surface area contributed by atoms with E-state index in [-0.39, 0.29) is 11.3 Å². The summed E-state index contributed by atoms with van der Waals surface area (Å²) >= 11 is 0. The molecular formula is C15H21NO4S. The molecule has 116 valence electrons. The lowest BCUT2D eigenvalue weighted by Gasteiger charge is -2.30. The number of rotatable bonds is 5. The van der Waals surface area contributed by atoms with Gasteiger partial charge in [-0.3, -0.25) is 4.79 Å². The maximum Gasteiger partial charge on any atom is 0.303 e. The number of benzene rings is 1. The summed E-state index contributed by atoms with van der Waals surface area (Å²) in [5, 5.41) is 8.65. The zero-order valence-electron chi connectivity index (χ0n) is 12.2. The number of piperidine rings is 1. The van der Waals surface area contributed by atoms with Gasteiger partial charge in [0.2, 0.25) is 10.0 Å². The van der Waals surface area contributed by atoms with Crippen molar-refractivity contribution in [3.05, 3.63) is 29.8 Å². The molecule has 1 unspecified atom stereocenters. The number of carboxylic acid groups (broad SMARTS) is 1. The molecule has 0 aromatic heterocycles. The summed E-state index contributed by atoms with van der Waals surface area (Å²) in [6.45, 7) is 3.22. The fraction of sp³-hybridized carbons (Fsp3) is 0.533. The van der Waals surface area contributed by atoms with Gasteiger partial charge in [0.15, 0.2) is 0 Å². The minimum absolute atomic E-state index is 0.0513. The van der Waals surface area contributed by atoms with Gasteiger partial charge in [-0.15, -0.1) is 0 Å². The average molecular weight is 311 g/mol. The van der Waals surface area contributed by atoms with Crippen molar-refractivity contribution in [2.75, 3.05) is 13.1 Å². The lowest BCUT2D eigenvalue weighted by atomic mass is 10.0. The monoisotopic (exact) mass is 311 g/mol. The second-order valence-corrected chi connectivity index (χ2v) is 7.59. The average Bonchev–Trinajstić information content (AvgIpc) is 2.45. The van der Waals surface area contributed by atoms with Gasteiger partial charge in [0.05, 0.1) is 4.90 Å². The van der Waals surface area contributed by atoms with Crippen LogP contribution in [0.4, 0.5) is 0 Å². The summed E-state index contributed by atoms with van der Waals surface area (Å²) in [6, 6.07) is 6.55. The molecule has 0 saturated carbocycles. The van der Waals surface area contributed by atoms with E-state index in [1.54, 1.807) is 28.6 Å². The molecule has 1 heterocycles. The van der Waals surface area contributed by atoms with Crippen molar-refractivity contribution in [2.45, 2.75) is 37.5 Å². The molecule has 1 aliphatic rings. The first-order valence-corrected chi connectivity index (χ1v) is 8.64. The molecule has 0 radical (unpaired) electrons. The molecule has 0 spiro atoms. The molecule has 5 nitrogen and oxygen atoms in total. The van der Waals surface area contributed by atoms with Crippen LogP contribution < -0.4 is 0 Å². The first-order chi connectivity index (χ1) is 9.89. The molecule has 0 amide bonds. The molecule has 6 heteroatoms. The molecule has 0 aliphatic carbocycles. The number of hydrogen-bond acceptors (Lipinski definition) is 3. The molecule has 1 atom stereocenters. The maximum atomic E-state index is 12.5. The molecule has 21 heavy (non-hydrogen) atoms. The Labute approximate surface area is 125 Å². The van der Waals surface area contributed by atoms with E-state index in [0.717, 1.165) is 18.4 Å². The first kappa shape index (κ1) is 16.0. The van der Waals surface area contributed by atoms with Crippen LogP contribution in [0.5, 0.6) is 0 Å². The predicted octanol–water partition coefficient (Wildman–Crippen LogP) is 2.12. The number of aliphatic carboxylic acids is 1. The van der Waals surface area contributed by atoms with Crippen LogP contribution in [0, 0.1) is 5.92 Å². The van der Waals surface area contributed by atoms with Gasteiger partial charge in [0.25, 0.3) is 0 Å². The molecule has 2 rings (SSSR count). The lowest BCUT2D eigenvalue weighted by molar-refractivity contribution is -0.136. The second-order valence-electron chi connectivity index (χ2n) is 5.65. The third-order valence-corrected chi connectivity index (χ3v) is 5.69. The standard InChI is InChI=1S/C15H21NO4S/c1-12-3-2-10-16(11-12)21(19,20)14-7-4-13(5-8-14)6-9-15(17)18/h4-5,7-8,12H,2-3,6,9-11H2,1H3,(H,17,18). The Morgan fingerprint density at radius 1 is 1.33 bits per heavy atom. The van der Waals surface area contributed by atoms with Gasteiger partial charge < -0.3 is 5.11 Å². The molecule has 1 aliphatic heterocycles. The number of carboxylic acids is 1. The minimum Gasteiger partial charge on any atom is -0.481 e. The Balaban J connectivity index is 2.11. The van der Waals surface area contributed by atoms with Crippen LogP contribution in [0.1, 0.15) is 31.7 Å². The van der Waals surface area contributed by atoms with Crippen molar-refractivity contribution in [1.82, 2.24) is 4.31 Å². The van der Waals surface area contributed by atoms with Crippen LogP contribution in [-0.2, 0) is 21.2 Å².